The van der Waals surface area contributed by atoms with E-state index in [0.717, 1.165) is 29.5 Å². The van der Waals surface area contributed by atoms with Gasteiger partial charge in [-0.3, -0.25) is 4.79 Å². The van der Waals surface area contributed by atoms with Crippen molar-refractivity contribution in [2.24, 2.45) is 0 Å². The second-order valence-electron chi connectivity index (χ2n) is 11.0. The van der Waals surface area contributed by atoms with Gasteiger partial charge < -0.3 is 24.0 Å². The number of thiazole rings is 1. The minimum Gasteiger partial charge on any atom is -0.460 e. The molecule has 0 bridgehead atoms. The Kier molecular flexibility index (Phi) is 11.0. The van der Waals surface area contributed by atoms with E-state index in [0.29, 0.717) is 42.7 Å². The first-order valence-corrected chi connectivity index (χ1v) is 13.6. The van der Waals surface area contributed by atoms with Crippen molar-refractivity contribution >= 4 is 33.6 Å². The number of nitriles is 1. The van der Waals surface area contributed by atoms with Gasteiger partial charge in [-0.15, -0.1) is 11.3 Å². The Labute approximate surface area is 230 Å². The summed E-state index contributed by atoms with van der Waals surface area (Å²) in [6.07, 6.45) is 2.33. The van der Waals surface area contributed by atoms with E-state index >= 15 is 0 Å². The maximum absolute atomic E-state index is 12.4. The molecule has 0 N–H and O–H groups in total. The Morgan fingerprint density at radius 1 is 1.03 bits per heavy atom. The molecule has 0 radical (unpaired) electrons. The molecule has 0 fully saturated rings. The van der Waals surface area contributed by atoms with Crippen LogP contribution >= 0.6 is 11.3 Å². The highest BCUT2D eigenvalue weighted by Gasteiger charge is 2.21. The molecule has 10 heteroatoms. The Balaban J connectivity index is 1.99. The van der Waals surface area contributed by atoms with Gasteiger partial charge in [-0.25, -0.2) is 9.78 Å². The summed E-state index contributed by atoms with van der Waals surface area (Å²) in [5.74, 6) is 0.837. The molecule has 1 heterocycles. The number of amides is 1. The fourth-order valence-electron chi connectivity index (χ4n) is 3.42. The lowest BCUT2D eigenvalue weighted by Gasteiger charge is -2.29. The topological polar surface area (TPSA) is 105 Å². The van der Waals surface area contributed by atoms with E-state index in [1.165, 1.54) is 16.2 Å². The highest BCUT2D eigenvalue weighted by Crippen LogP contribution is 2.27. The van der Waals surface area contributed by atoms with Gasteiger partial charge in [0.25, 0.3) is 0 Å². The van der Waals surface area contributed by atoms with Crippen LogP contribution in [0, 0.1) is 11.3 Å². The number of carbonyl (C=O) groups is 2. The lowest BCUT2D eigenvalue weighted by atomic mass is 10.1. The molecule has 0 unspecified atom stereocenters. The van der Waals surface area contributed by atoms with Crippen molar-refractivity contribution in [3.63, 3.8) is 0 Å². The zero-order valence-electron chi connectivity index (χ0n) is 23.6. The van der Waals surface area contributed by atoms with Crippen LogP contribution in [0.5, 0.6) is 5.75 Å². The maximum Gasteiger partial charge on any atom is 0.410 e. The Morgan fingerprint density at radius 3 is 2.34 bits per heavy atom. The smallest absolute Gasteiger partial charge is 0.410 e. The minimum absolute atomic E-state index is 0.195. The highest BCUT2D eigenvalue weighted by molar-refractivity contribution is 7.19. The van der Waals surface area contributed by atoms with Crippen LogP contribution < -0.4 is 4.74 Å². The molecule has 1 aromatic carbocycles. The zero-order valence-corrected chi connectivity index (χ0v) is 24.4. The van der Waals surface area contributed by atoms with Gasteiger partial charge in [0.15, 0.2) is 10.9 Å². The first kappa shape index (κ1) is 30.9. The van der Waals surface area contributed by atoms with Gasteiger partial charge in [0, 0.05) is 39.2 Å². The van der Waals surface area contributed by atoms with Crippen LogP contribution in [-0.4, -0.2) is 64.7 Å². The molecule has 2 aromatic rings. The van der Waals surface area contributed by atoms with Crippen molar-refractivity contribution in [1.82, 2.24) is 14.8 Å². The number of ether oxygens (including phenoxy) is 3. The highest BCUT2D eigenvalue weighted by atomic mass is 32.1. The molecule has 0 atom stereocenters. The number of fused-ring (bicyclic) bond motifs is 1. The molecule has 1 aromatic heterocycles. The number of hydrogen-bond acceptors (Lipinski definition) is 9. The van der Waals surface area contributed by atoms with Crippen molar-refractivity contribution in [3.05, 3.63) is 35.7 Å². The van der Waals surface area contributed by atoms with Crippen molar-refractivity contribution in [2.45, 2.75) is 78.4 Å². The molecule has 0 aliphatic carbocycles. The van der Waals surface area contributed by atoms with E-state index in [9.17, 15) is 9.59 Å². The molecule has 0 spiro atoms. The third kappa shape index (κ3) is 11.0. The summed E-state index contributed by atoms with van der Waals surface area (Å²) >= 11 is 1.30. The lowest BCUT2D eigenvalue weighted by molar-refractivity contribution is -0.154. The minimum atomic E-state index is -0.577. The van der Waals surface area contributed by atoms with Crippen LogP contribution in [-0.2, 0) is 14.3 Å². The Hall–Kier alpha value is -3.32. The second kappa shape index (κ2) is 13.5. The van der Waals surface area contributed by atoms with Gasteiger partial charge in [0.05, 0.1) is 10.2 Å². The van der Waals surface area contributed by atoms with Crippen molar-refractivity contribution in [2.75, 3.05) is 26.7 Å². The van der Waals surface area contributed by atoms with Crippen molar-refractivity contribution in [1.29, 1.82) is 5.26 Å². The summed E-state index contributed by atoms with van der Waals surface area (Å²) in [4.78, 5) is 32.1. The molecule has 0 aliphatic heterocycles. The van der Waals surface area contributed by atoms with E-state index in [1.54, 1.807) is 13.1 Å². The van der Waals surface area contributed by atoms with Gasteiger partial charge in [0.1, 0.15) is 23.0 Å². The quantitative estimate of drug-likeness (QED) is 0.180. The first-order chi connectivity index (χ1) is 17.7. The molecule has 0 aliphatic rings. The summed E-state index contributed by atoms with van der Waals surface area (Å²) in [5, 5.41) is 9.51. The standard InChI is InChI=1S/C28H40N4O5S/c1-20(35-21-13-14-22-23(18-21)38-24(19-29)30-22)32(17-16-31(8)26(34)37-28(5,6)7)15-11-9-10-12-25(33)36-27(2,3)4/h13-14,18H,1,9-12,15-17H2,2-8H3. The fourth-order valence-corrected chi connectivity index (χ4v) is 4.21. The zero-order chi connectivity index (χ0) is 28.5. The molecular weight excluding hydrogens is 504 g/mol. The molecule has 9 nitrogen and oxygen atoms in total. The predicted octanol–water partition coefficient (Wildman–Crippen LogP) is 6.09. The monoisotopic (exact) mass is 544 g/mol. The molecular formula is C28H40N4O5S. The summed E-state index contributed by atoms with van der Waals surface area (Å²) in [6, 6.07) is 7.51. The molecule has 0 saturated carbocycles. The van der Waals surface area contributed by atoms with Crippen LogP contribution in [0.4, 0.5) is 4.79 Å². The largest absolute Gasteiger partial charge is 0.460 e. The number of aromatic nitrogens is 1. The average molecular weight is 545 g/mol. The molecule has 38 heavy (non-hydrogen) atoms. The number of esters is 1. The summed E-state index contributed by atoms with van der Waals surface area (Å²) in [5.41, 5.74) is -0.320. The van der Waals surface area contributed by atoms with E-state index in [2.05, 4.69) is 17.6 Å². The number of carbonyl (C=O) groups excluding carboxylic acids is 2. The number of rotatable bonds is 12. The van der Waals surface area contributed by atoms with Gasteiger partial charge in [0.2, 0.25) is 0 Å². The summed E-state index contributed by atoms with van der Waals surface area (Å²) in [7, 11) is 1.70. The first-order valence-electron chi connectivity index (χ1n) is 12.8. The van der Waals surface area contributed by atoms with Crippen molar-refractivity contribution < 1.29 is 23.8 Å². The van der Waals surface area contributed by atoms with Gasteiger partial charge in [-0.1, -0.05) is 6.42 Å². The van der Waals surface area contributed by atoms with Crippen LogP contribution in [0.25, 0.3) is 10.2 Å². The Bertz CT molecular complexity index is 1160. The van der Waals surface area contributed by atoms with Gasteiger partial charge in [-0.05, 0) is 73.1 Å². The van der Waals surface area contributed by atoms with Crippen LogP contribution in [0.2, 0.25) is 0 Å². The third-order valence-electron chi connectivity index (χ3n) is 5.18. The van der Waals surface area contributed by atoms with Gasteiger partial charge >= 0.3 is 12.1 Å². The number of benzene rings is 1. The predicted molar refractivity (Wildman–Crippen MR) is 149 cm³/mol. The molecule has 208 valence electrons. The third-order valence-corrected chi connectivity index (χ3v) is 6.11. The van der Waals surface area contributed by atoms with E-state index < -0.39 is 17.3 Å². The number of nitrogens with zero attached hydrogens (tertiary/aromatic N) is 4. The number of likely N-dealkylation sites (N-methyl/N-ethyl adjacent to an activating group) is 1. The lowest BCUT2D eigenvalue weighted by Crippen LogP contribution is -2.39. The van der Waals surface area contributed by atoms with E-state index in [4.69, 9.17) is 19.5 Å². The van der Waals surface area contributed by atoms with E-state index in [1.807, 2.05) is 58.6 Å². The van der Waals surface area contributed by atoms with Gasteiger partial charge in [-0.2, -0.15) is 5.26 Å². The summed E-state index contributed by atoms with van der Waals surface area (Å²) < 4.78 is 17.8. The normalized spacial score (nSPS) is 11.5. The molecule has 2 rings (SSSR count). The number of hydrogen-bond donors (Lipinski definition) is 0. The number of unbranched alkanes of at least 4 members (excludes halogenated alkanes) is 2. The maximum atomic E-state index is 12.4. The van der Waals surface area contributed by atoms with Crippen LogP contribution in [0.1, 0.15) is 72.2 Å². The van der Waals surface area contributed by atoms with E-state index in [-0.39, 0.29) is 5.97 Å². The SMILES string of the molecule is C=C(Oc1ccc2nc(C#N)sc2c1)N(CCCCCC(=O)OC(C)(C)C)CCN(C)C(=O)OC(C)(C)C. The average Bonchev–Trinajstić information content (AvgIpc) is 3.20. The second-order valence-corrected chi connectivity index (χ2v) is 12.1. The molecule has 0 saturated heterocycles. The van der Waals surface area contributed by atoms with Crippen LogP contribution in [0.3, 0.4) is 0 Å². The molecule has 1 amide bonds. The van der Waals surface area contributed by atoms with Crippen molar-refractivity contribution in [3.8, 4) is 11.8 Å². The van der Waals surface area contributed by atoms with Crippen LogP contribution in [0.15, 0.2) is 30.7 Å². The Morgan fingerprint density at radius 2 is 1.71 bits per heavy atom. The fraction of sp³-hybridized carbons (Fsp3) is 0.571. The summed E-state index contributed by atoms with van der Waals surface area (Å²) in [6.45, 7) is 16.7.